The van der Waals surface area contributed by atoms with Crippen LogP contribution in [0.2, 0.25) is 0 Å². The summed E-state index contributed by atoms with van der Waals surface area (Å²) >= 11 is 0. The molecule has 2 fully saturated rings. The summed E-state index contributed by atoms with van der Waals surface area (Å²) in [6.07, 6.45) is 2.98. The Morgan fingerprint density at radius 2 is 1.92 bits per heavy atom. The molecule has 1 unspecified atom stereocenters. The van der Waals surface area contributed by atoms with Crippen LogP contribution >= 0.6 is 12.4 Å². The minimum atomic E-state index is -0.585. The number of carbonyl (C=O) groups is 1. The summed E-state index contributed by atoms with van der Waals surface area (Å²) in [6, 6.07) is 9.15. The van der Waals surface area contributed by atoms with E-state index in [1.54, 1.807) is 0 Å². The van der Waals surface area contributed by atoms with Crippen molar-refractivity contribution >= 4 is 18.4 Å². The van der Waals surface area contributed by atoms with Gasteiger partial charge in [0.25, 0.3) is 0 Å². The molecule has 134 valence electrons. The maximum Gasteiger partial charge on any atom is 0.311 e. The molecule has 4 heteroatoms. The van der Waals surface area contributed by atoms with Gasteiger partial charge in [0.15, 0.2) is 0 Å². The lowest BCUT2D eigenvalue weighted by Crippen LogP contribution is -2.36. The number of rotatable bonds is 3. The molecule has 1 aliphatic heterocycles. The first kappa shape index (κ1) is 19.3. The Balaban J connectivity index is 0.00000208. The third-order valence-corrected chi connectivity index (χ3v) is 6.13. The van der Waals surface area contributed by atoms with E-state index in [0.29, 0.717) is 12.5 Å². The van der Waals surface area contributed by atoms with Crippen LogP contribution in [0.4, 0.5) is 0 Å². The highest BCUT2D eigenvalue weighted by atomic mass is 35.5. The first-order chi connectivity index (χ1) is 10.7. The number of fused-ring (bicyclic) bond motifs is 1. The second kappa shape index (κ2) is 6.68. The SMILES string of the molecule is CC(c1ccc(C(C)(C)C)cc1)N1C[C@@H]2CCC[C@@]2(C(=O)O)C1.Cl. The van der Waals surface area contributed by atoms with Crippen molar-refractivity contribution in [1.29, 1.82) is 0 Å². The van der Waals surface area contributed by atoms with E-state index in [2.05, 4.69) is 56.9 Å². The number of benzene rings is 1. The largest absolute Gasteiger partial charge is 0.481 e. The van der Waals surface area contributed by atoms with Gasteiger partial charge in [-0.2, -0.15) is 0 Å². The molecule has 0 aromatic heterocycles. The fraction of sp³-hybridized carbons (Fsp3) is 0.650. The molecule has 0 bridgehead atoms. The van der Waals surface area contributed by atoms with Crippen molar-refractivity contribution in [2.75, 3.05) is 13.1 Å². The smallest absolute Gasteiger partial charge is 0.311 e. The maximum atomic E-state index is 11.8. The molecule has 0 spiro atoms. The van der Waals surface area contributed by atoms with E-state index in [-0.39, 0.29) is 23.9 Å². The van der Waals surface area contributed by atoms with Gasteiger partial charge in [0.1, 0.15) is 0 Å². The van der Waals surface area contributed by atoms with Crippen molar-refractivity contribution in [3.8, 4) is 0 Å². The van der Waals surface area contributed by atoms with Crippen molar-refractivity contribution in [3.05, 3.63) is 35.4 Å². The van der Waals surface area contributed by atoms with Gasteiger partial charge in [-0.05, 0) is 42.2 Å². The highest BCUT2D eigenvalue weighted by molar-refractivity contribution is 5.85. The molecule has 1 N–H and O–H groups in total. The van der Waals surface area contributed by atoms with Crippen LogP contribution in [-0.4, -0.2) is 29.1 Å². The normalized spacial score (nSPS) is 28.2. The van der Waals surface area contributed by atoms with Crippen molar-refractivity contribution in [1.82, 2.24) is 4.90 Å². The van der Waals surface area contributed by atoms with E-state index in [1.165, 1.54) is 11.1 Å². The van der Waals surface area contributed by atoms with Crippen molar-refractivity contribution in [3.63, 3.8) is 0 Å². The van der Waals surface area contributed by atoms with Crippen LogP contribution < -0.4 is 0 Å². The summed E-state index contributed by atoms with van der Waals surface area (Å²) in [5.74, 6) is -0.255. The average molecular weight is 352 g/mol. The van der Waals surface area contributed by atoms with Crippen LogP contribution in [0.25, 0.3) is 0 Å². The van der Waals surface area contributed by atoms with Crippen molar-refractivity contribution in [2.45, 2.75) is 58.4 Å². The predicted octanol–water partition coefficient (Wildman–Crippen LogP) is 4.65. The lowest BCUT2D eigenvalue weighted by molar-refractivity contribution is -0.149. The Hall–Kier alpha value is -1.06. The molecule has 3 atom stereocenters. The van der Waals surface area contributed by atoms with Gasteiger partial charge in [-0.1, -0.05) is 51.5 Å². The number of likely N-dealkylation sites (tertiary alicyclic amines) is 1. The van der Waals surface area contributed by atoms with Crippen LogP contribution in [0.5, 0.6) is 0 Å². The van der Waals surface area contributed by atoms with E-state index < -0.39 is 11.4 Å². The van der Waals surface area contributed by atoms with Crippen LogP contribution in [0, 0.1) is 11.3 Å². The molecule has 3 rings (SSSR count). The molecule has 1 saturated heterocycles. The van der Waals surface area contributed by atoms with E-state index in [0.717, 1.165) is 25.8 Å². The fourth-order valence-corrected chi connectivity index (χ4v) is 4.45. The Morgan fingerprint density at radius 1 is 1.29 bits per heavy atom. The molecule has 24 heavy (non-hydrogen) atoms. The highest BCUT2D eigenvalue weighted by Gasteiger charge is 2.55. The molecule has 1 aliphatic carbocycles. The maximum absolute atomic E-state index is 11.8. The zero-order valence-corrected chi connectivity index (χ0v) is 16.0. The van der Waals surface area contributed by atoms with Gasteiger partial charge >= 0.3 is 5.97 Å². The quantitative estimate of drug-likeness (QED) is 0.861. The summed E-state index contributed by atoms with van der Waals surface area (Å²) in [6.45, 7) is 10.5. The Kier molecular flexibility index (Phi) is 5.37. The van der Waals surface area contributed by atoms with Gasteiger partial charge < -0.3 is 5.11 Å². The minimum Gasteiger partial charge on any atom is -0.481 e. The summed E-state index contributed by atoms with van der Waals surface area (Å²) in [4.78, 5) is 14.2. The first-order valence-corrected chi connectivity index (χ1v) is 8.82. The number of carboxylic acid groups (broad SMARTS) is 1. The zero-order chi connectivity index (χ0) is 16.8. The highest BCUT2D eigenvalue weighted by Crippen LogP contribution is 2.50. The van der Waals surface area contributed by atoms with E-state index in [1.807, 2.05) is 0 Å². The zero-order valence-electron chi connectivity index (χ0n) is 15.2. The standard InChI is InChI=1S/C20H29NO2.ClH/c1-14(15-7-9-16(10-8-15)19(2,3)4)21-12-17-6-5-11-20(17,13-21)18(22)23;/h7-10,14,17H,5-6,11-13H2,1-4H3,(H,22,23);1H/t14?,17-,20+;/m0./s1. The molecule has 3 nitrogen and oxygen atoms in total. The molecule has 1 saturated carbocycles. The third-order valence-electron chi connectivity index (χ3n) is 6.13. The first-order valence-electron chi connectivity index (χ1n) is 8.82. The summed E-state index contributed by atoms with van der Waals surface area (Å²) in [5, 5.41) is 9.74. The second-order valence-corrected chi connectivity index (χ2v) is 8.53. The molecule has 0 radical (unpaired) electrons. The van der Waals surface area contributed by atoms with E-state index in [9.17, 15) is 9.90 Å². The average Bonchev–Trinajstić information content (AvgIpc) is 3.03. The van der Waals surface area contributed by atoms with Gasteiger partial charge in [-0.3, -0.25) is 9.69 Å². The number of nitrogens with zero attached hydrogens (tertiary/aromatic N) is 1. The van der Waals surface area contributed by atoms with Crippen molar-refractivity contribution in [2.24, 2.45) is 11.3 Å². The summed E-state index contributed by atoms with van der Waals surface area (Å²) in [5.41, 5.74) is 2.31. The van der Waals surface area contributed by atoms with Gasteiger partial charge in [-0.15, -0.1) is 12.4 Å². The number of hydrogen-bond acceptors (Lipinski definition) is 2. The van der Waals surface area contributed by atoms with Gasteiger partial charge in [0.2, 0.25) is 0 Å². The Morgan fingerprint density at radius 3 is 2.42 bits per heavy atom. The minimum absolute atomic E-state index is 0. The predicted molar refractivity (Wildman–Crippen MR) is 99.8 cm³/mol. The summed E-state index contributed by atoms with van der Waals surface area (Å²) < 4.78 is 0. The monoisotopic (exact) mass is 351 g/mol. The van der Waals surface area contributed by atoms with E-state index in [4.69, 9.17) is 0 Å². The Labute approximate surface area is 151 Å². The third kappa shape index (κ3) is 3.21. The van der Waals surface area contributed by atoms with Crippen molar-refractivity contribution < 1.29 is 9.90 Å². The second-order valence-electron chi connectivity index (χ2n) is 8.53. The molecular formula is C20H30ClNO2. The van der Waals surface area contributed by atoms with Crippen LogP contribution in [0.1, 0.15) is 64.1 Å². The molecule has 1 aromatic carbocycles. The molecule has 0 amide bonds. The number of halogens is 1. The lowest BCUT2D eigenvalue weighted by Gasteiger charge is -2.28. The van der Waals surface area contributed by atoms with Crippen LogP contribution in [0.3, 0.4) is 0 Å². The molecule has 1 heterocycles. The van der Waals surface area contributed by atoms with E-state index >= 15 is 0 Å². The molecule has 1 aromatic rings. The van der Waals surface area contributed by atoms with Gasteiger partial charge in [0.05, 0.1) is 5.41 Å². The number of hydrogen-bond donors (Lipinski definition) is 1. The topological polar surface area (TPSA) is 40.5 Å². The fourth-order valence-electron chi connectivity index (χ4n) is 4.45. The van der Waals surface area contributed by atoms with Gasteiger partial charge in [0, 0.05) is 19.1 Å². The van der Waals surface area contributed by atoms with Gasteiger partial charge in [-0.25, -0.2) is 0 Å². The van der Waals surface area contributed by atoms with Crippen LogP contribution in [0.15, 0.2) is 24.3 Å². The Bertz CT molecular complexity index is 593. The summed E-state index contributed by atoms with van der Waals surface area (Å²) in [7, 11) is 0. The molecular weight excluding hydrogens is 322 g/mol. The molecule has 2 aliphatic rings. The lowest BCUT2D eigenvalue weighted by atomic mass is 9.81. The van der Waals surface area contributed by atoms with Crippen LogP contribution in [-0.2, 0) is 10.2 Å². The number of carboxylic acids is 1. The number of aliphatic carboxylic acids is 1.